The van der Waals surface area contributed by atoms with E-state index in [4.69, 9.17) is 19.2 Å². The van der Waals surface area contributed by atoms with E-state index in [1.807, 2.05) is 53.1 Å². The van der Waals surface area contributed by atoms with Gasteiger partial charge in [0.1, 0.15) is 30.5 Å². The minimum absolute atomic E-state index is 0.550. The van der Waals surface area contributed by atoms with Crippen molar-refractivity contribution < 1.29 is 14.2 Å². The van der Waals surface area contributed by atoms with Gasteiger partial charge in [0.2, 0.25) is 0 Å². The van der Waals surface area contributed by atoms with Crippen LogP contribution >= 0.6 is 0 Å². The first-order chi connectivity index (χ1) is 13.8. The number of hydrogen-bond acceptors (Lipinski definition) is 6. The molecule has 0 atom stereocenters. The zero-order valence-electron chi connectivity index (χ0n) is 15.3. The standard InChI is InChI=1S/C21H18N4O3/c1-26-16-5-2-14(3-6-16)20-21(25-9-8-22-13-19(25)24-20)23-15-4-7-17-18(12-15)28-11-10-27-17/h2-9,12-13,23H,10-11H2,1H3. The fourth-order valence-electron chi connectivity index (χ4n) is 3.23. The highest BCUT2D eigenvalue weighted by Crippen LogP contribution is 2.36. The maximum absolute atomic E-state index is 5.70. The van der Waals surface area contributed by atoms with Gasteiger partial charge in [-0.25, -0.2) is 4.98 Å². The van der Waals surface area contributed by atoms with Gasteiger partial charge in [-0.2, -0.15) is 0 Å². The van der Waals surface area contributed by atoms with Crippen LogP contribution in [0.5, 0.6) is 17.2 Å². The van der Waals surface area contributed by atoms with Crippen molar-refractivity contribution in [2.24, 2.45) is 0 Å². The Bertz CT molecular complexity index is 1140. The summed E-state index contributed by atoms with van der Waals surface area (Å²) < 4.78 is 18.5. The summed E-state index contributed by atoms with van der Waals surface area (Å²) in [5, 5.41) is 3.48. The summed E-state index contributed by atoms with van der Waals surface area (Å²) in [6, 6.07) is 13.6. The monoisotopic (exact) mass is 374 g/mol. The molecule has 0 aliphatic carbocycles. The highest BCUT2D eigenvalue weighted by molar-refractivity contribution is 5.80. The number of methoxy groups -OCH3 is 1. The van der Waals surface area contributed by atoms with Gasteiger partial charge in [0.05, 0.1) is 13.3 Å². The van der Waals surface area contributed by atoms with E-state index < -0.39 is 0 Å². The van der Waals surface area contributed by atoms with Crippen molar-refractivity contribution in [3.05, 3.63) is 61.1 Å². The van der Waals surface area contributed by atoms with E-state index in [0.29, 0.717) is 13.2 Å². The van der Waals surface area contributed by atoms with E-state index in [1.165, 1.54) is 0 Å². The van der Waals surface area contributed by atoms with Gasteiger partial charge in [-0.15, -0.1) is 0 Å². The molecule has 2 aromatic heterocycles. The smallest absolute Gasteiger partial charge is 0.163 e. The molecular formula is C21H18N4O3. The average molecular weight is 374 g/mol. The van der Waals surface area contributed by atoms with E-state index in [-0.39, 0.29) is 0 Å². The quantitative estimate of drug-likeness (QED) is 0.584. The molecule has 0 fully saturated rings. The Hall–Kier alpha value is -3.74. The van der Waals surface area contributed by atoms with Gasteiger partial charge in [0.25, 0.3) is 0 Å². The highest BCUT2D eigenvalue weighted by Gasteiger charge is 2.17. The first-order valence-corrected chi connectivity index (χ1v) is 8.95. The minimum Gasteiger partial charge on any atom is -0.497 e. The number of nitrogens with one attached hydrogen (secondary N) is 1. The van der Waals surface area contributed by atoms with Crippen LogP contribution in [0.3, 0.4) is 0 Å². The molecule has 0 bridgehead atoms. The maximum atomic E-state index is 5.70. The van der Waals surface area contributed by atoms with Gasteiger partial charge >= 0.3 is 0 Å². The number of nitrogens with zero attached hydrogens (tertiary/aromatic N) is 3. The zero-order valence-corrected chi connectivity index (χ0v) is 15.3. The number of ether oxygens (including phenoxy) is 3. The summed E-state index contributed by atoms with van der Waals surface area (Å²) in [4.78, 5) is 8.95. The van der Waals surface area contributed by atoms with Crippen molar-refractivity contribution in [2.45, 2.75) is 0 Å². The van der Waals surface area contributed by atoms with E-state index in [1.54, 1.807) is 19.5 Å². The van der Waals surface area contributed by atoms with Crippen LogP contribution in [0.4, 0.5) is 11.5 Å². The Balaban J connectivity index is 1.59. The van der Waals surface area contributed by atoms with Crippen LogP contribution in [0.15, 0.2) is 61.1 Å². The SMILES string of the molecule is COc1ccc(-c2nc3cnccn3c2Nc2ccc3c(c2)OCCO3)cc1. The van der Waals surface area contributed by atoms with Gasteiger partial charge in [-0.05, 0) is 36.4 Å². The van der Waals surface area contributed by atoms with Crippen molar-refractivity contribution >= 4 is 17.2 Å². The van der Waals surface area contributed by atoms with Gasteiger partial charge in [-0.3, -0.25) is 9.38 Å². The number of benzene rings is 2. The van der Waals surface area contributed by atoms with Crippen LogP contribution in [0.25, 0.3) is 16.9 Å². The lowest BCUT2D eigenvalue weighted by molar-refractivity contribution is 0.171. The number of rotatable bonds is 4. The second-order valence-corrected chi connectivity index (χ2v) is 6.33. The van der Waals surface area contributed by atoms with Crippen LogP contribution in [-0.2, 0) is 0 Å². The molecule has 140 valence electrons. The van der Waals surface area contributed by atoms with Gasteiger partial charge < -0.3 is 19.5 Å². The number of imidazole rings is 1. The van der Waals surface area contributed by atoms with E-state index in [2.05, 4.69) is 10.3 Å². The molecule has 0 unspecified atom stereocenters. The maximum Gasteiger partial charge on any atom is 0.163 e. The summed E-state index contributed by atoms with van der Waals surface area (Å²) in [6.07, 6.45) is 5.36. The van der Waals surface area contributed by atoms with Crippen molar-refractivity contribution in [1.82, 2.24) is 14.4 Å². The number of anilines is 2. The molecule has 0 saturated carbocycles. The Kier molecular flexibility index (Phi) is 3.97. The van der Waals surface area contributed by atoms with Crippen molar-refractivity contribution in [2.75, 3.05) is 25.6 Å². The molecule has 1 N–H and O–H groups in total. The van der Waals surface area contributed by atoms with Gasteiger partial charge in [0, 0.05) is 29.7 Å². The number of hydrogen-bond donors (Lipinski definition) is 1. The third-order valence-electron chi connectivity index (χ3n) is 4.60. The van der Waals surface area contributed by atoms with Gasteiger partial charge in [-0.1, -0.05) is 0 Å². The largest absolute Gasteiger partial charge is 0.497 e. The molecule has 7 heteroatoms. The Labute approximate surface area is 161 Å². The molecule has 0 radical (unpaired) electrons. The highest BCUT2D eigenvalue weighted by atomic mass is 16.6. The fraction of sp³-hybridized carbons (Fsp3) is 0.143. The summed E-state index contributed by atoms with van der Waals surface area (Å²) in [5.74, 6) is 3.14. The normalized spacial score (nSPS) is 12.8. The molecule has 28 heavy (non-hydrogen) atoms. The number of aromatic nitrogens is 3. The zero-order chi connectivity index (χ0) is 18.9. The molecule has 0 saturated heterocycles. The lowest BCUT2D eigenvalue weighted by Gasteiger charge is -2.19. The molecular weight excluding hydrogens is 356 g/mol. The first-order valence-electron chi connectivity index (χ1n) is 8.95. The molecule has 3 heterocycles. The molecule has 7 nitrogen and oxygen atoms in total. The predicted molar refractivity (Wildman–Crippen MR) is 106 cm³/mol. The van der Waals surface area contributed by atoms with Crippen molar-refractivity contribution in [3.8, 4) is 28.5 Å². The van der Waals surface area contributed by atoms with Crippen LogP contribution in [0.2, 0.25) is 0 Å². The van der Waals surface area contributed by atoms with Gasteiger partial charge in [0.15, 0.2) is 17.1 Å². The Morgan fingerprint density at radius 3 is 2.68 bits per heavy atom. The fourth-order valence-corrected chi connectivity index (χ4v) is 3.23. The van der Waals surface area contributed by atoms with Crippen LogP contribution in [-0.4, -0.2) is 34.7 Å². The second kappa shape index (κ2) is 6.77. The summed E-state index contributed by atoms with van der Waals surface area (Å²) in [7, 11) is 1.65. The van der Waals surface area contributed by atoms with Crippen molar-refractivity contribution in [1.29, 1.82) is 0 Å². The molecule has 0 spiro atoms. The average Bonchev–Trinajstić information content (AvgIpc) is 3.12. The van der Waals surface area contributed by atoms with Crippen LogP contribution in [0, 0.1) is 0 Å². The van der Waals surface area contributed by atoms with Crippen LogP contribution in [0.1, 0.15) is 0 Å². The summed E-state index contributed by atoms with van der Waals surface area (Å²) in [5.41, 5.74) is 3.45. The Morgan fingerprint density at radius 1 is 1.04 bits per heavy atom. The Morgan fingerprint density at radius 2 is 1.86 bits per heavy atom. The summed E-state index contributed by atoms with van der Waals surface area (Å²) >= 11 is 0. The summed E-state index contributed by atoms with van der Waals surface area (Å²) in [6.45, 7) is 1.12. The topological polar surface area (TPSA) is 69.9 Å². The minimum atomic E-state index is 0.550. The third-order valence-corrected chi connectivity index (χ3v) is 4.60. The number of fused-ring (bicyclic) bond motifs is 2. The van der Waals surface area contributed by atoms with Crippen molar-refractivity contribution in [3.63, 3.8) is 0 Å². The third kappa shape index (κ3) is 2.87. The lowest BCUT2D eigenvalue weighted by atomic mass is 10.1. The first kappa shape index (κ1) is 16.4. The molecule has 1 aliphatic heterocycles. The van der Waals surface area contributed by atoms with Crippen LogP contribution < -0.4 is 19.5 Å². The van der Waals surface area contributed by atoms with E-state index >= 15 is 0 Å². The lowest BCUT2D eigenvalue weighted by Crippen LogP contribution is -2.15. The molecule has 1 aliphatic rings. The van der Waals surface area contributed by atoms with E-state index in [9.17, 15) is 0 Å². The molecule has 4 aromatic rings. The molecule has 0 amide bonds. The molecule has 5 rings (SSSR count). The predicted octanol–water partition coefficient (Wildman–Crippen LogP) is 3.92. The van der Waals surface area contributed by atoms with E-state index in [0.717, 1.165) is 45.7 Å². The second-order valence-electron chi connectivity index (χ2n) is 6.33. The molecule has 2 aromatic carbocycles.